The van der Waals surface area contributed by atoms with Gasteiger partial charge in [0.1, 0.15) is 0 Å². The maximum Gasteiger partial charge on any atom is 0.354 e. The molecule has 0 aliphatic carbocycles. The van der Waals surface area contributed by atoms with E-state index in [1.54, 1.807) is 13.0 Å². The molecular weight excluding hydrogens is 321 g/mol. The maximum absolute atomic E-state index is 12.5. The molecule has 2 unspecified atom stereocenters. The number of aromatic nitrogens is 2. The van der Waals surface area contributed by atoms with Crippen molar-refractivity contribution in [2.24, 2.45) is 0 Å². The maximum atomic E-state index is 12.5. The van der Waals surface area contributed by atoms with Gasteiger partial charge in [-0.05, 0) is 30.7 Å². The first-order valence-electron chi connectivity index (χ1n) is 6.85. The SMILES string of the molecule is CCOP(=O)(O)C(Nc1ncccn1)c1ccc(O)c(OC)c1. The number of methoxy groups -OCH3 is 1. The van der Waals surface area contributed by atoms with Crippen LogP contribution in [0.3, 0.4) is 0 Å². The molecule has 1 aromatic carbocycles. The Labute approximate surface area is 133 Å². The lowest BCUT2D eigenvalue weighted by atomic mass is 10.2. The molecule has 0 fully saturated rings. The molecule has 0 bridgehead atoms. The number of nitrogens with one attached hydrogen (secondary N) is 1. The molecule has 23 heavy (non-hydrogen) atoms. The summed E-state index contributed by atoms with van der Waals surface area (Å²) < 4.78 is 22.6. The lowest BCUT2D eigenvalue weighted by Gasteiger charge is -2.24. The Morgan fingerprint density at radius 1 is 1.35 bits per heavy atom. The number of hydrogen-bond acceptors (Lipinski definition) is 7. The lowest BCUT2D eigenvalue weighted by molar-refractivity contribution is 0.266. The van der Waals surface area contributed by atoms with E-state index in [9.17, 15) is 14.6 Å². The van der Waals surface area contributed by atoms with Gasteiger partial charge >= 0.3 is 7.60 Å². The van der Waals surface area contributed by atoms with Gasteiger partial charge < -0.3 is 24.6 Å². The summed E-state index contributed by atoms with van der Waals surface area (Å²) in [6.07, 6.45) is 3.01. The largest absolute Gasteiger partial charge is 0.504 e. The molecule has 0 aliphatic rings. The highest BCUT2D eigenvalue weighted by atomic mass is 31.2. The number of aromatic hydroxyl groups is 1. The van der Waals surface area contributed by atoms with Gasteiger partial charge in [-0.25, -0.2) is 9.97 Å². The van der Waals surface area contributed by atoms with Crippen LogP contribution in [-0.2, 0) is 9.09 Å². The van der Waals surface area contributed by atoms with E-state index >= 15 is 0 Å². The average Bonchev–Trinajstić information content (AvgIpc) is 2.54. The van der Waals surface area contributed by atoms with E-state index in [-0.39, 0.29) is 24.1 Å². The molecule has 2 aromatic rings. The summed E-state index contributed by atoms with van der Waals surface area (Å²) in [5.41, 5.74) is 0.395. The molecule has 0 saturated carbocycles. The predicted molar refractivity (Wildman–Crippen MR) is 84.5 cm³/mol. The smallest absolute Gasteiger partial charge is 0.354 e. The van der Waals surface area contributed by atoms with Gasteiger partial charge in [0.2, 0.25) is 5.95 Å². The number of nitrogens with zero attached hydrogens (tertiary/aromatic N) is 2. The molecule has 0 aliphatic heterocycles. The van der Waals surface area contributed by atoms with E-state index in [0.717, 1.165) is 0 Å². The van der Waals surface area contributed by atoms with Gasteiger partial charge in [-0.1, -0.05) is 6.07 Å². The van der Waals surface area contributed by atoms with Crippen LogP contribution < -0.4 is 10.1 Å². The van der Waals surface area contributed by atoms with Crippen LogP contribution in [0.4, 0.5) is 5.95 Å². The molecule has 0 radical (unpaired) electrons. The third kappa shape index (κ3) is 4.19. The molecule has 124 valence electrons. The van der Waals surface area contributed by atoms with Crippen molar-refractivity contribution >= 4 is 13.5 Å². The first kappa shape index (κ1) is 17.2. The molecule has 8 nitrogen and oxygen atoms in total. The summed E-state index contributed by atoms with van der Waals surface area (Å²) in [7, 11) is -2.67. The van der Waals surface area contributed by atoms with Gasteiger partial charge in [0.15, 0.2) is 17.3 Å². The van der Waals surface area contributed by atoms with Gasteiger partial charge in [-0.2, -0.15) is 0 Å². The number of benzene rings is 1. The highest BCUT2D eigenvalue weighted by Gasteiger charge is 2.35. The summed E-state index contributed by atoms with van der Waals surface area (Å²) in [6.45, 7) is 1.69. The molecule has 9 heteroatoms. The monoisotopic (exact) mass is 339 g/mol. The summed E-state index contributed by atoms with van der Waals surface area (Å²) in [4.78, 5) is 18.2. The van der Waals surface area contributed by atoms with E-state index in [2.05, 4.69) is 15.3 Å². The Morgan fingerprint density at radius 2 is 2.04 bits per heavy atom. The van der Waals surface area contributed by atoms with E-state index in [4.69, 9.17) is 9.26 Å². The molecule has 3 N–H and O–H groups in total. The number of phenols is 1. The zero-order valence-corrected chi connectivity index (χ0v) is 13.6. The second-order valence-corrected chi connectivity index (χ2v) is 6.44. The van der Waals surface area contributed by atoms with Gasteiger partial charge in [0, 0.05) is 12.4 Å². The highest BCUT2D eigenvalue weighted by Crippen LogP contribution is 2.56. The standard InChI is InChI=1S/C14H18N3O5P/c1-3-22-23(19,20)13(17-14-15-7-4-8-16-14)10-5-6-11(18)12(9-10)21-2/h4-9,13,18H,3H2,1-2H3,(H,19,20)(H,15,16,17). The van der Waals surface area contributed by atoms with Gasteiger partial charge in [0.25, 0.3) is 0 Å². The van der Waals surface area contributed by atoms with Crippen molar-refractivity contribution in [3.8, 4) is 11.5 Å². The molecule has 2 rings (SSSR count). The van der Waals surface area contributed by atoms with Crippen LogP contribution in [-0.4, -0.2) is 33.7 Å². The second kappa shape index (κ2) is 7.41. The molecule has 1 aromatic heterocycles. The zero-order valence-electron chi connectivity index (χ0n) is 12.7. The zero-order chi connectivity index (χ0) is 16.9. The number of ether oxygens (including phenoxy) is 1. The van der Waals surface area contributed by atoms with Crippen molar-refractivity contribution in [1.29, 1.82) is 0 Å². The van der Waals surface area contributed by atoms with Crippen LogP contribution in [0.25, 0.3) is 0 Å². The average molecular weight is 339 g/mol. The van der Waals surface area contributed by atoms with Crippen molar-refractivity contribution in [3.63, 3.8) is 0 Å². The molecule has 2 atom stereocenters. The highest BCUT2D eigenvalue weighted by molar-refractivity contribution is 7.53. The Bertz CT molecular complexity index is 698. The Kier molecular flexibility index (Phi) is 5.54. The lowest BCUT2D eigenvalue weighted by Crippen LogP contribution is -2.15. The molecule has 0 spiro atoms. The Morgan fingerprint density at radius 3 is 2.65 bits per heavy atom. The van der Waals surface area contributed by atoms with E-state index in [1.165, 1.54) is 37.7 Å². The third-order valence-corrected chi connectivity index (χ3v) is 4.70. The molecule has 1 heterocycles. The fourth-order valence-corrected chi connectivity index (χ4v) is 3.31. The quantitative estimate of drug-likeness (QED) is 0.659. The third-order valence-electron chi connectivity index (χ3n) is 2.99. The van der Waals surface area contributed by atoms with Gasteiger partial charge in [-0.15, -0.1) is 0 Å². The topological polar surface area (TPSA) is 114 Å². The van der Waals surface area contributed by atoms with Crippen LogP contribution >= 0.6 is 7.60 Å². The molecular formula is C14H18N3O5P. The van der Waals surface area contributed by atoms with Crippen LogP contribution in [0.5, 0.6) is 11.5 Å². The summed E-state index contributed by atoms with van der Waals surface area (Å²) in [5.74, 6) is -0.826. The first-order chi connectivity index (χ1) is 11.0. The van der Waals surface area contributed by atoms with Crippen molar-refractivity contribution in [3.05, 3.63) is 42.2 Å². The number of phenolic OH excluding ortho intramolecular Hbond substituents is 1. The Hall–Kier alpha value is -2.15. The normalized spacial score (nSPS) is 14.7. The van der Waals surface area contributed by atoms with E-state index < -0.39 is 13.4 Å². The predicted octanol–water partition coefficient (Wildman–Crippen LogP) is 2.52. The van der Waals surface area contributed by atoms with Gasteiger partial charge in [-0.3, -0.25) is 4.57 Å². The van der Waals surface area contributed by atoms with E-state index in [0.29, 0.717) is 5.56 Å². The molecule has 0 saturated heterocycles. The van der Waals surface area contributed by atoms with Crippen LogP contribution in [0.2, 0.25) is 0 Å². The summed E-state index contributed by atoms with van der Waals surface area (Å²) >= 11 is 0. The van der Waals surface area contributed by atoms with Crippen molar-refractivity contribution in [1.82, 2.24) is 9.97 Å². The minimum absolute atomic E-state index is 0.0663. The van der Waals surface area contributed by atoms with Crippen LogP contribution in [0, 0.1) is 0 Å². The summed E-state index contributed by atoms with van der Waals surface area (Å²) in [6, 6.07) is 5.96. The number of hydrogen-bond donors (Lipinski definition) is 3. The number of rotatable bonds is 7. The van der Waals surface area contributed by atoms with Crippen LogP contribution in [0.15, 0.2) is 36.7 Å². The Balaban J connectivity index is 2.43. The van der Waals surface area contributed by atoms with Crippen molar-refractivity contribution < 1.29 is 23.8 Å². The second-order valence-electron chi connectivity index (χ2n) is 4.53. The summed E-state index contributed by atoms with van der Waals surface area (Å²) in [5, 5.41) is 12.5. The van der Waals surface area contributed by atoms with Crippen molar-refractivity contribution in [2.45, 2.75) is 12.7 Å². The minimum atomic E-state index is -4.06. The molecule has 0 amide bonds. The fraction of sp³-hybridized carbons (Fsp3) is 0.286. The fourth-order valence-electron chi connectivity index (χ4n) is 1.97. The first-order valence-corrected chi connectivity index (χ1v) is 8.50. The van der Waals surface area contributed by atoms with E-state index in [1.807, 2.05) is 0 Å². The number of anilines is 1. The van der Waals surface area contributed by atoms with Crippen molar-refractivity contribution in [2.75, 3.05) is 19.0 Å². The minimum Gasteiger partial charge on any atom is -0.504 e. The van der Waals surface area contributed by atoms with Crippen LogP contribution in [0.1, 0.15) is 18.3 Å². The van der Waals surface area contributed by atoms with Gasteiger partial charge in [0.05, 0.1) is 13.7 Å².